The molecule has 2 unspecified atom stereocenters. The average Bonchev–Trinajstić information content (AvgIpc) is 2.95. The van der Waals surface area contributed by atoms with E-state index in [9.17, 15) is 0 Å². The van der Waals surface area contributed by atoms with E-state index in [4.69, 9.17) is 9.47 Å². The van der Waals surface area contributed by atoms with Gasteiger partial charge < -0.3 is 9.47 Å². The minimum absolute atomic E-state index is 0.379. The summed E-state index contributed by atoms with van der Waals surface area (Å²) in [6.07, 6.45) is 3.36. The van der Waals surface area contributed by atoms with Crippen molar-refractivity contribution in [3.63, 3.8) is 0 Å². The Morgan fingerprint density at radius 2 is 2.05 bits per heavy atom. The molecule has 2 aliphatic heterocycles. The molecule has 2 aliphatic rings. The fraction of sp³-hybridized carbons (Fsp3) is 0.556. The number of nitrogens with zero attached hydrogens (tertiary/aromatic N) is 2. The van der Waals surface area contributed by atoms with Gasteiger partial charge in [0.25, 0.3) is 0 Å². The van der Waals surface area contributed by atoms with Crippen molar-refractivity contribution in [1.82, 2.24) is 9.80 Å². The van der Waals surface area contributed by atoms with Crippen LogP contribution in [0.15, 0.2) is 36.9 Å². The van der Waals surface area contributed by atoms with E-state index in [2.05, 4.69) is 28.5 Å². The molecular formula is C18H26N2O2. The minimum Gasteiger partial charge on any atom is -0.497 e. The second-order valence-electron chi connectivity index (χ2n) is 6.21. The smallest absolute Gasteiger partial charge is 0.118 e. The second kappa shape index (κ2) is 7.27. The van der Waals surface area contributed by atoms with Crippen LogP contribution < -0.4 is 4.74 Å². The van der Waals surface area contributed by atoms with Crippen LogP contribution in [0.25, 0.3) is 0 Å². The van der Waals surface area contributed by atoms with E-state index in [0.717, 1.165) is 44.9 Å². The minimum atomic E-state index is 0.379. The van der Waals surface area contributed by atoms with Crippen molar-refractivity contribution in [3.8, 4) is 5.75 Å². The third-order valence-electron chi connectivity index (χ3n) is 4.68. The van der Waals surface area contributed by atoms with Crippen LogP contribution in [0.2, 0.25) is 0 Å². The summed E-state index contributed by atoms with van der Waals surface area (Å²) in [6, 6.07) is 9.05. The lowest BCUT2D eigenvalue weighted by Gasteiger charge is -2.37. The molecule has 0 N–H and O–H groups in total. The zero-order chi connectivity index (χ0) is 15.4. The van der Waals surface area contributed by atoms with Crippen LogP contribution in [0, 0.1) is 0 Å². The van der Waals surface area contributed by atoms with Crippen molar-refractivity contribution in [2.24, 2.45) is 0 Å². The van der Waals surface area contributed by atoms with E-state index in [1.165, 1.54) is 5.56 Å². The van der Waals surface area contributed by atoms with Gasteiger partial charge in [-0.25, -0.2) is 0 Å². The van der Waals surface area contributed by atoms with Crippen LogP contribution >= 0.6 is 0 Å². The van der Waals surface area contributed by atoms with Gasteiger partial charge in [-0.2, -0.15) is 0 Å². The van der Waals surface area contributed by atoms with Crippen molar-refractivity contribution >= 4 is 0 Å². The van der Waals surface area contributed by atoms with Crippen molar-refractivity contribution in [2.75, 3.05) is 39.9 Å². The fourth-order valence-electron chi connectivity index (χ4n) is 3.52. The summed E-state index contributed by atoms with van der Waals surface area (Å²) in [5.74, 6) is 0.923. The lowest BCUT2D eigenvalue weighted by atomic mass is 10.1. The molecule has 4 heteroatoms. The molecule has 0 radical (unpaired) electrons. The molecule has 3 rings (SSSR count). The molecule has 2 fully saturated rings. The van der Waals surface area contributed by atoms with Gasteiger partial charge in [-0.15, -0.1) is 6.58 Å². The third-order valence-corrected chi connectivity index (χ3v) is 4.68. The highest BCUT2D eigenvalue weighted by molar-refractivity contribution is 5.27. The van der Waals surface area contributed by atoms with Crippen LogP contribution in [-0.4, -0.2) is 61.8 Å². The number of rotatable bonds is 6. The lowest BCUT2D eigenvalue weighted by molar-refractivity contribution is 0.0758. The van der Waals surface area contributed by atoms with E-state index >= 15 is 0 Å². The predicted molar refractivity (Wildman–Crippen MR) is 88.2 cm³/mol. The summed E-state index contributed by atoms with van der Waals surface area (Å²) in [5.41, 5.74) is 1.35. The largest absolute Gasteiger partial charge is 0.497 e. The summed E-state index contributed by atoms with van der Waals surface area (Å²) in [4.78, 5) is 5.14. The Bertz CT molecular complexity index is 488. The SMILES string of the molecule is C=CCOC1CC2CN(Cc3ccc(OC)cc3)CCN2C1. The van der Waals surface area contributed by atoms with E-state index in [0.29, 0.717) is 18.8 Å². The first-order valence-corrected chi connectivity index (χ1v) is 8.10. The second-order valence-corrected chi connectivity index (χ2v) is 6.21. The molecule has 120 valence electrons. The maximum atomic E-state index is 5.83. The van der Waals surface area contributed by atoms with Crippen LogP contribution in [0.3, 0.4) is 0 Å². The molecule has 0 spiro atoms. The Morgan fingerprint density at radius 3 is 2.77 bits per heavy atom. The van der Waals surface area contributed by atoms with Gasteiger partial charge in [-0.3, -0.25) is 9.80 Å². The highest BCUT2D eigenvalue weighted by atomic mass is 16.5. The standard InChI is InChI=1S/C18H26N2O2/c1-3-10-22-18-11-16-13-19(8-9-20(16)14-18)12-15-4-6-17(21-2)7-5-15/h3-7,16,18H,1,8-14H2,2H3. The van der Waals surface area contributed by atoms with Gasteiger partial charge >= 0.3 is 0 Å². The maximum Gasteiger partial charge on any atom is 0.118 e. The Morgan fingerprint density at radius 1 is 1.23 bits per heavy atom. The van der Waals surface area contributed by atoms with Gasteiger partial charge in [-0.1, -0.05) is 18.2 Å². The van der Waals surface area contributed by atoms with Gasteiger partial charge in [0.1, 0.15) is 5.75 Å². The molecule has 0 aliphatic carbocycles. The monoisotopic (exact) mass is 302 g/mol. The molecule has 2 saturated heterocycles. The van der Waals surface area contributed by atoms with E-state index in [1.807, 2.05) is 18.2 Å². The topological polar surface area (TPSA) is 24.9 Å². The first kappa shape index (κ1) is 15.5. The third kappa shape index (κ3) is 3.69. The molecule has 0 saturated carbocycles. The average molecular weight is 302 g/mol. The number of hydrogen-bond acceptors (Lipinski definition) is 4. The van der Waals surface area contributed by atoms with Crippen molar-refractivity contribution in [2.45, 2.75) is 25.1 Å². The maximum absolute atomic E-state index is 5.83. The first-order valence-electron chi connectivity index (χ1n) is 8.10. The highest BCUT2D eigenvalue weighted by Crippen LogP contribution is 2.25. The Balaban J connectivity index is 1.51. The van der Waals surface area contributed by atoms with E-state index in [-0.39, 0.29) is 0 Å². The molecule has 1 aromatic rings. The van der Waals surface area contributed by atoms with Crippen LogP contribution in [0.1, 0.15) is 12.0 Å². The molecule has 2 atom stereocenters. The first-order chi connectivity index (χ1) is 10.8. The van der Waals surface area contributed by atoms with E-state index in [1.54, 1.807) is 7.11 Å². The normalized spacial score (nSPS) is 25.9. The summed E-state index contributed by atoms with van der Waals surface area (Å²) < 4.78 is 11.0. The van der Waals surface area contributed by atoms with Gasteiger partial charge in [0.05, 0.1) is 19.8 Å². The molecule has 22 heavy (non-hydrogen) atoms. The van der Waals surface area contributed by atoms with E-state index < -0.39 is 0 Å². The number of hydrogen-bond donors (Lipinski definition) is 0. The molecule has 4 nitrogen and oxygen atoms in total. The number of piperazine rings is 1. The van der Waals surface area contributed by atoms with Gasteiger partial charge in [0.15, 0.2) is 0 Å². The number of benzene rings is 1. The Labute approximate surface area is 133 Å². The van der Waals surface area contributed by atoms with Gasteiger partial charge in [0.2, 0.25) is 0 Å². The van der Waals surface area contributed by atoms with Crippen LogP contribution in [0.5, 0.6) is 5.75 Å². The zero-order valence-corrected chi connectivity index (χ0v) is 13.4. The molecular weight excluding hydrogens is 276 g/mol. The Hall–Kier alpha value is -1.36. The predicted octanol–water partition coefficient (Wildman–Crippen LogP) is 2.16. The molecule has 0 bridgehead atoms. The number of methoxy groups -OCH3 is 1. The van der Waals surface area contributed by atoms with Gasteiger partial charge in [-0.05, 0) is 24.1 Å². The molecule has 0 aromatic heterocycles. The summed E-state index contributed by atoms with van der Waals surface area (Å²) >= 11 is 0. The van der Waals surface area contributed by atoms with Crippen molar-refractivity contribution in [3.05, 3.63) is 42.5 Å². The van der Waals surface area contributed by atoms with Crippen molar-refractivity contribution in [1.29, 1.82) is 0 Å². The summed E-state index contributed by atoms with van der Waals surface area (Å²) in [5, 5.41) is 0. The Kier molecular flexibility index (Phi) is 5.13. The molecule has 1 aromatic carbocycles. The van der Waals surface area contributed by atoms with Crippen molar-refractivity contribution < 1.29 is 9.47 Å². The number of ether oxygens (including phenoxy) is 2. The number of fused-ring (bicyclic) bond motifs is 1. The highest BCUT2D eigenvalue weighted by Gasteiger charge is 2.36. The summed E-state index contributed by atoms with van der Waals surface area (Å²) in [7, 11) is 1.71. The summed E-state index contributed by atoms with van der Waals surface area (Å²) in [6.45, 7) is 9.92. The molecule has 2 heterocycles. The van der Waals surface area contributed by atoms with Gasteiger partial charge in [0, 0.05) is 38.8 Å². The lowest BCUT2D eigenvalue weighted by Crippen LogP contribution is -2.49. The van der Waals surface area contributed by atoms with Crippen LogP contribution in [-0.2, 0) is 11.3 Å². The fourth-order valence-corrected chi connectivity index (χ4v) is 3.52. The molecule has 0 amide bonds. The van der Waals surface area contributed by atoms with Crippen LogP contribution in [0.4, 0.5) is 0 Å². The zero-order valence-electron chi connectivity index (χ0n) is 13.4. The quantitative estimate of drug-likeness (QED) is 0.752.